The summed E-state index contributed by atoms with van der Waals surface area (Å²) in [6, 6.07) is 4.87. The molecule has 0 aliphatic heterocycles. The number of methoxy groups -OCH3 is 1. The Bertz CT molecular complexity index is 583. The molecule has 94 valence electrons. The molecule has 2 aromatic rings. The average molecular weight is 245 g/mol. The molecule has 1 N–H and O–H groups in total. The van der Waals surface area contributed by atoms with Crippen LogP contribution in [0.2, 0.25) is 0 Å². The molecule has 0 atom stereocenters. The standard InChI is InChI=1S/C13H14N2O3/c1-7-12(8(2)15-14-7)10-5-4-9(18-3)6-11(10)13(16)17/h4-6H,1-3H3,(H,14,15)(H,16,17)/p-1. The summed E-state index contributed by atoms with van der Waals surface area (Å²) >= 11 is 0. The number of rotatable bonds is 3. The molecule has 1 aromatic heterocycles. The molecule has 1 aromatic carbocycles. The van der Waals surface area contributed by atoms with E-state index in [0.717, 1.165) is 17.0 Å². The number of hydrogen-bond acceptors (Lipinski definition) is 4. The van der Waals surface area contributed by atoms with Gasteiger partial charge in [-0.3, -0.25) is 5.10 Å². The third-order valence-electron chi connectivity index (χ3n) is 2.84. The molecule has 2 rings (SSSR count). The number of aryl methyl sites for hydroxylation is 2. The summed E-state index contributed by atoms with van der Waals surface area (Å²) in [5.41, 5.74) is 3.04. The van der Waals surface area contributed by atoms with E-state index >= 15 is 0 Å². The molecule has 0 amide bonds. The summed E-state index contributed by atoms with van der Waals surface area (Å²) < 4.78 is 5.02. The number of nitrogens with one attached hydrogen (secondary N) is 1. The quantitative estimate of drug-likeness (QED) is 0.877. The highest BCUT2D eigenvalue weighted by molar-refractivity contribution is 5.96. The molecule has 0 unspecified atom stereocenters. The number of carboxylic acid groups (broad SMARTS) is 1. The number of H-pyrrole nitrogens is 1. The molecular formula is C13H13N2O3-. The number of nitrogens with zero attached hydrogens (tertiary/aromatic N) is 1. The first-order valence-corrected chi connectivity index (χ1v) is 5.46. The van der Waals surface area contributed by atoms with Gasteiger partial charge in [0, 0.05) is 16.8 Å². The van der Waals surface area contributed by atoms with Gasteiger partial charge in [-0.25, -0.2) is 0 Å². The van der Waals surface area contributed by atoms with Crippen molar-refractivity contribution in [2.45, 2.75) is 13.8 Å². The van der Waals surface area contributed by atoms with Crippen LogP contribution in [0, 0.1) is 13.8 Å². The number of carboxylic acids is 1. The first kappa shape index (κ1) is 12.2. The SMILES string of the molecule is COc1ccc(-c2c(C)n[nH]c2C)c(C(=O)[O-])c1. The van der Waals surface area contributed by atoms with Gasteiger partial charge in [0.05, 0.1) is 18.8 Å². The predicted octanol–water partition coefficient (Wildman–Crippen LogP) is 1.07. The summed E-state index contributed by atoms with van der Waals surface area (Å²) in [6.45, 7) is 3.67. The van der Waals surface area contributed by atoms with Crippen molar-refractivity contribution in [3.8, 4) is 16.9 Å². The molecule has 5 nitrogen and oxygen atoms in total. The Kier molecular flexibility index (Phi) is 3.06. The Labute approximate surface area is 104 Å². The van der Waals surface area contributed by atoms with Crippen LogP contribution >= 0.6 is 0 Å². The van der Waals surface area contributed by atoms with Gasteiger partial charge >= 0.3 is 0 Å². The molecule has 0 radical (unpaired) electrons. The van der Waals surface area contributed by atoms with Crippen LogP contribution in [0.3, 0.4) is 0 Å². The van der Waals surface area contributed by atoms with E-state index < -0.39 is 5.97 Å². The van der Waals surface area contributed by atoms with Crippen LogP contribution in [0.4, 0.5) is 0 Å². The molecule has 0 aliphatic carbocycles. The number of aromatic carboxylic acids is 1. The lowest BCUT2D eigenvalue weighted by Gasteiger charge is -2.12. The van der Waals surface area contributed by atoms with Gasteiger partial charge in [-0.05, 0) is 37.6 Å². The monoisotopic (exact) mass is 245 g/mol. The van der Waals surface area contributed by atoms with E-state index in [1.54, 1.807) is 12.1 Å². The first-order valence-electron chi connectivity index (χ1n) is 5.46. The van der Waals surface area contributed by atoms with E-state index in [9.17, 15) is 9.90 Å². The normalized spacial score (nSPS) is 10.4. The molecule has 5 heteroatoms. The summed E-state index contributed by atoms with van der Waals surface area (Å²) in [7, 11) is 1.49. The van der Waals surface area contributed by atoms with Gasteiger partial charge in [0.15, 0.2) is 0 Å². The highest BCUT2D eigenvalue weighted by Gasteiger charge is 2.14. The molecular weight excluding hydrogens is 232 g/mol. The number of aromatic amines is 1. The zero-order chi connectivity index (χ0) is 13.3. The Balaban J connectivity index is 2.68. The highest BCUT2D eigenvalue weighted by atomic mass is 16.5. The van der Waals surface area contributed by atoms with Gasteiger partial charge in [-0.15, -0.1) is 0 Å². The summed E-state index contributed by atoms with van der Waals surface area (Å²) in [5, 5.41) is 18.1. The van der Waals surface area contributed by atoms with Crippen LogP contribution in [0.25, 0.3) is 11.1 Å². The molecule has 18 heavy (non-hydrogen) atoms. The number of ether oxygens (including phenoxy) is 1. The minimum atomic E-state index is -1.23. The lowest BCUT2D eigenvalue weighted by molar-refractivity contribution is -0.254. The third-order valence-corrected chi connectivity index (χ3v) is 2.84. The molecule has 0 saturated carbocycles. The van der Waals surface area contributed by atoms with Crippen LogP contribution in [0.15, 0.2) is 18.2 Å². The zero-order valence-corrected chi connectivity index (χ0v) is 10.4. The van der Waals surface area contributed by atoms with Crippen molar-refractivity contribution in [3.05, 3.63) is 35.2 Å². The Morgan fingerprint density at radius 3 is 2.61 bits per heavy atom. The number of carbonyl (C=O) groups is 1. The third kappa shape index (κ3) is 1.95. The van der Waals surface area contributed by atoms with Gasteiger partial charge in [-0.2, -0.15) is 5.10 Å². The molecule has 0 spiro atoms. The van der Waals surface area contributed by atoms with E-state index in [-0.39, 0.29) is 5.56 Å². The lowest BCUT2D eigenvalue weighted by atomic mass is 9.98. The van der Waals surface area contributed by atoms with Crippen molar-refractivity contribution in [1.82, 2.24) is 10.2 Å². The van der Waals surface area contributed by atoms with Crippen molar-refractivity contribution in [3.63, 3.8) is 0 Å². The summed E-state index contributed by atoms with van der Waals surface area (Å²) in [5.74, 6) is -0.749. The zero-order valence-electron chi connectivity index (χ0n) is 10.4. The average Bonchev–Trinajstić information content (AvgIpc) is 2.68. The van der Waals surface area contributed by atoms with Crippen molar-refractivity contribution < 1.29 is 14.6 Å². The van der Waals surface area contributed by atoms with E-state index in [4.69, 9.17) is 4.74 Å². The van der Waals surface area contributed by atoms with Gasteiger partial charge in [0.25, 0.3) is 0 Å². The second-order valence-electron chi connectivity index (χ2n) is 4.01. The second kappa shape index (κ2) is 4.52. The van der Waals surface area contributed by atoms with E-state index in [0.29, 0.717) is 11.3 Å². The predicted molar refractivity (Wildman–Crippen MR) is 64.4 cm³/mol. The van der Waals surface area contributed by atoms with Crippen molar-refractivity contribution >= 4 is 5.97 Å². The Hall–Kier alpha value is -2.30. The van der Waals surface area contributed by atoms with Gasteiger partial charge in [0.1, 0.15) is 5.75 Å². The summed E-state index contributed by atoms with van der Waals surface area (Å²) in [4.78, 5) is 11.2. The van der Waals surface area contributed by atoms with Gasteiger partial charge in [-0.1, -0.05) is 0 Å². The number of carbonyl (C=O) groups excluding carboxylic acids is 1. The first-order chi connectivity index (χ1) is 8.54. The lowest BCUT2D eigenvalue weighted by Crippen LogP contribution is -2.23. The second-order valence-corrected chi connectivity index (χ2v) is 4.01. The summed E-state index contributed by atoms with van der Waals surface area (Å²) in [6.07, 6.45) is 0. The molecule has 1 heterocycles. The molecule has 0 fully saturated rings. The van der Waals surface area contributed by atoms with Crippen molar-refractivity contribution in [2.75, 3.05) is 7.11 Å². The largest absolute Gasteiger partial charge is 0.545 e. The van der Waals surface area contributed by atoms with Crippen LogP contribution in [0.5, 0.6) is 5.75 Å². The van der Waals surface area contributed by atoms with Crippen molar-refractivity contribution in [1.29, 1.82) is 0 Å². The molecule has 0 bridgehead atoms. The topological polar surface area (TPSA) is 78.0 Å². The Morgan fingerprint density at radius 1 is 1.39 bits per heavy atom. The number of hydrogen-bond donors (Lipinski definition) is 1. The van der Waals surface area contributed by atoms with Crippen LogP contribution in [-0.4, -0.2) is 23.3 Å². The highest BCUT2D eigenvalue weighted by Crippen LogP contribution is 2.30. The fourth-order valence-corrected chi connectivity index (χ4v) is 1.98. The maximum Gasteiger partial charge on any atom is 0.119 e. The van der Waals surface area contributed by atoms with Crippen LogP contribution < -0.4 is 9.84 Å². The Morgan fingerprint density at radius 2 is 2.11 bits per heavy atom. The number of benzene rings is 1. The van der Waals surface area contributed by atoms with Gasteiger partial charge in [0.2, 0.25) is 0 Å². The fraction of sp³-hybridized carbons (Fsp3) is 0.231. The maximum atomic E-state index is 11.2. The maximum absolute atomic E-state index is 11.2. The van der Waals surface area contributed by atoms with E-state index in [1.807, 2.05) is 13.8 Å². The molecule has 0 aliphatic rings. The van der Waals surface area contributed by atoms with Crippen LogP contribution in [-0.2, 0) is 0 Å². The van der Waals surface area contributed by atoms with E-state index in [1.165, 1.54) is 13.2 Å². The fourth-order valence-electron chi connectivity index (χ4n) is 1.98. The van der Waals surface area contributed by atoms with E-state index in [2.05, 4.69) is 10.2 Å². The number of aromatic nitrogens is 2. The van der Waals surface area contributed by atoms with Crippen LogP contribution in [0.1, 0.15) is 21.7 Å². The molecule has 0 saturated heterocycles. The minimum absolute atomic E-state index is 0.0990. The minimum Gasteiger partial charge on any atom is -0.545 e. The smallest absolute Gasteiger partial charge is 0.119 e. The van der Waals surface area contributed by atoms with Crippen molar-refractivity contribution in [2.24, 2.45) is 0 Å². The van der Waals surface area contributed by atoms with Gasteiger partial charge < -0.3 is 14.6 Å².